The van der Waals surface area contributed by atoms with Crippen LogP contribution in [0.1, 0.15) is 62.3 Å². The Morgan fingerprint density at radius 3 is 1.91 bits per heavy atom. The minimum Gasteiger partial charge on any atom is -0.0651 e. The lowest BCUT2D eigenvalue weighted by Gasteiger charge is -2.21. The number of hydrogen-bond acceptors (Lipinski definition) is 0. The van der Waals surface area contributed by atoms with E-state index >= 15 is 0 Å². The van der Waals surface area contributed by atoms with Crippen LogP contribution in [0.25, 0.3) is 11.1 Å². The first-order valence-electron chi connectivity index (χ1n) is 8.92. The highest BCUT2D eigenvalue weighted by molar-refractivity contribution is 5.73. The summed E-state index contributed by atoms with van der Waals surface area (Å²) in [6, 6.07) is 13.5. The Bertz CT molecular complexity index is 593. The van der Waals surface area contributed by atoms with Crippen LogP contribution in [-0.4, -0.2) is 0 Å². The summed E-state index contributed by atoms with van der Waals surface area (Å²) >= 11 is 0. The van der Waals surface area contributed by atoms with Crippen LogP contribution in [0.5, 0.6) is 0 Å². The monoisotopic (exact) mass is 294 g/mol. The lowest BCUT2D eigenvalue weighted by atomic mass is 9.84. The molecule has 0 aliphatic rings. The minimum absolute atomic E-state index is 1.18. The van der Waals surface area contributed by atoms with Crippen molar-refractivity contribution < 1.29 is 0 Å². The molecule has 2 aromatic rings. The summed E-state index contributed by atoms with van der Waals surface area (Å²) in [7, 11) is 0. The van der Waals surface area contributed by atoms with Crippen LogP contribution in [0.2, 0.25) is 0 Å². The van der Waals surface area contributed by atoms with Crippen LogP contribution in [0.15, 0.2) is 36.4 Å². The van der Waals surface area contributed by atoms with Crippen molar-refractivity contribution in [2.45, 2.75) is 66.2 Å². The van der Waals surface area contributed by atoms with Crippen molar-refractivity contribution in [3.63, 3.8) is 0 Å². The maximum absolute atomic E-state index is 2.49. The zero-order valence-corrected chi connectivity index (χ0v) is 14.7. The highest BCUT2D eigenvalue weighted by atomic mass is 14.2. The highest BCUT2D eigenvalue weighted by Gasteiger charge is 2.15. The SMILES string of the molecule is CCCc1cc(CCC)c(-c2ccccc2)c(CCC)c1C. The van der Waals surface area contributed by atoms with Gasteiger partial charge in [-0.15, -0.1) is 0 Å². The highest BCUT2D eigenvalue weighted by Crippen LogP contribution is 2.34. The predicted molar refractivity (Wildman–Crippen MR) is 98.6 cm³/mol. The van der Waals surface area contributed by atoms with Gasteiger partial charge in [-0.1, -0.05) is 76.4 Å². The first-order chi connectivity index (χ1) is 10.7. The summed E-state index contributed by atoms with van der Waals surface area (Å²) in [5.74, 6) is 0. The Balaban J connectivity index is 2.68. The molecule has 0 nitrogen and oxygen atoms in total. The molecule has 2 rings (SSSR count). The van der Waals surface area contributed by atoms with Gasteiger partial charge in [0.1, 0.15) is 0 Å². The zero-order valence-electron chi connectivity index (χ0n) is 14.7. The maximum atomic E-state index is 2.49. The molecular weight excluding hydrogens is 264 g/mol. The van der Waals surface area contributed by atoms with Crippen LogP contribution in [-0.2, 0) is 19.3 Å². The zero-order chi connectivity index (χ0) is 15.9. The van der Waals surface area contributed by atoms with Crippen molar-refractivity contribution in [3.05, 3.63) is 58.7 Å². The van der Waals surface area contributed by atoms with E-state index in [1.807, 2.05) is 0 Å². The Hall–Kier alpha value is -1.56. The van der Waals surface area contributed by atoms with Crippen molar-refractivity contribution in [1.29, 1.82) is 0 Å². The third kappa shape index (κ3) is 3.61. The molecule has 0 heteroatoms. The van der Waals surface area contributed by atoms with E-state index in [-0.39, 0.29) is 0 Å². The second-order valence-corrected chi connectivity index (χ2v) is 6.29. The predicted octanol–water partition coefficient (Wildman–Crippen LogP) is 6.52. The van der Waals surface area contributed by atoms with E-state index in [4.69, 9.17) is 0 Å². The number of aryl methyl sites for hydroxylation is 2. The van der Waals surface area contributed by atoms with Crippen molar-refractivity contribution >= 4 is 0 Å². The van der Waals surface area contributed by atoms with Gasteiger partial charge in [0.15, 0.2) is 0 Å². The molecule has 0 fully saturated rings. The average molecular weight is 294 g/mol. The topological polar surface area (TPSA) is 0 Å². The van der Waals surface area contributed by atoms with Gasteiger partial charge >= 0.3 is 0 Å². The lowest BCUT2D eigenvalue weighted by molar-refractivity contribution is 0.861. The van der Waals surface area contributed by atoms with Crippen LogP contribution in [0, 0.1) is 6.92 Å². The van der Waals surface area contributed by atoms with E-state index in [1.165, 1.54) is 55.2 Å². The standard InChI is InChI=1S/C22H30/c1-5-11-19-16-20(12-6-2)22(18-14-9-8-10-15-18)21(13-7-3)17(19)4/h8-10,14-16H,5-7,11-13H2,1-4H3. The van der Waals surface area contributed by atoms with E-state index in [0.29, 0.717) is 0 Å². The van der Waals surface area contributed by atoms with E-state index < -0.39 is 0 Å². The minimum atomic E-state index is 1.18. The van der Waals surface area contributed by atoms with Crippen molar-refractivity contribution in [3.8, 4) is 11.1 Å². The second-order valence-electron chi connectivity index (χ2n) is 6.29. The molecule has 0 saturated heterocycles. The van der Waals surface area contributed by atoms with Gasteiger partial charge in [-0.2, -0.15) is 0 Å². The Morgan fingerprint density at radius 2 is 1.32 bits per heavy atom. The summed E-state index contributed by atoms with van der Waals surface area (Å²) in [6.07, 6.45) is 7.21. The van der Waals surface area contributed by atoms with Gasteiger partial charge in [0.25, 0.3) is 0 Å². The van der Waals surface area contributed by atoms with Gasteiger partial charge in [0.05, 0.1) is 0 Å². The molecule has 0 amide bonds. The van der Waals surface area contributed by atoms with Crippen LogP contribution >= 0.6 is 0 Å². The maximum Gasteiger partial charge on any atom is -0.0117 e. The molecule has 0 unspecified atom stereocenters. The van der Waals surface area contributed by atoms with E-state index in [0.717, 1.165) is 0 Å². The molecule has 0 bridgehead atoms. The third-order valence-corrected chi connectivity index (χ3v) is 4.51. The van der Waals surface area contributed by atoms with E-state index in [1.54, 1.807) is 16.7 Å². The van der Waals surface area contributed by atoms with Gasteiger partial charge in [-0.25, -0.2) is 0 Å². The molecule has 0 saturated carbocycles. The normalized spacial score (nSPS) is 10.9. The smallest absolute Gasteiger partial charge is 0.0117 e. The first kappa shape index (κ1) is 16.8. The van der Waals surface area contributed by atoms with Gasteiger partial charge in [-0.3, -0.25) is 0 Å². The molecule has 2 aromatic carbocycles. The Kier molecular flexibility index (Phi) is 6.24. The number of benzene rings is 2. The third-order valence-electron chi connectivity index (χ3n) is 4.51. The Morgan fingerprint density at radius 1 is 0.727 bits per heavy atom. The van der Waals surface area contributed by atoms with E-state index in [9.17, 15) is 0 Å². The van der Waals surface area contributed by atoms with E-state index in [2.05, 4.69) is 64.1 Å². The van der Waals surface area contributed by atoms with Crippen LogP contribution < -0.4 is 0 Å². The van der Waals surface area contributed by atoms with Gasteiger partial charge in [-0.05, 0) is 59.6 Å². The molecular formula is C22H30. The van der Waals surface area contributed by atoms with Gasteiger partial charge in [0.2, 0.25) is 0 Å². The molecule has 0 spiro atoms. The van der Waals surface area contributed by atoms with Crippen molar-refractivity contribution in [2.75, 3.05) is 0 Å². The lowest BCUT2D eigenvalue weighted by Crippen LogP contribution is -2.04. The summed E-state index contributed by atoms with van der Waals surface area (Å²) in [4.78, 5) is 0. The quantitative estimate of drug-likeness (QED) is 0.545. The number of hydrogen-bond donors (Lipinski definition) is 0. The fourth-order valence-corrected chi connectivity index (χ4v) is 3.49. The molecule has 0 atom stereocenters. The molecule has 22 heavy (non-hydrogen) atoms. The fourth-order valence-electron chi connectivity index (χ4n) is 3.49. The summed E-state index contributed by atoms with van der Waals surface area (Å²) in [5, 5.41) is 0. The van der Waals surface area contributed by atoms with Crippen molar-refractivity contribution in [2.24, 2.45) is 0 Å². The second kappa shape index (κ2) is 8.17. The molecule has 0 N–H and O–H groups in total. The molecule has 0 aliphatic carbocycles. The first-order valence-corrected chi connectivity index (χ1v) is 8.92. The average Bonchev–Trinajstić information content (AvgIpc) is 2.53. The van der Waals surface area contributed by atoms with Crippen LogP contribution in [0.3, 0.4) is 0 Å². The van der Waals surface area contributed by atoms with Crippen LogP contribution in [0.4, 0.5) is 0 Å². The summed E-state index contributed by atoms with van der Waals surface area (Å²) in [6.45, 7) is 9.19. The summed E-state index contributed by atoms with van der Waals surface area (Å²) in [5.41, 5.74) is 9.13. The molecule has 0 aliphatic heterocycles. The van der Waals surface area contributed by atoms with Gasteiger partial charge in [0, 0.05) is 0 Å². The largest absolute Gasteiger partial charge is 0.0651 e. The summed E-state index contributed by atoms with van der Waals surface area (Å²) < 4.78 is 0. The molecule has 0 radical (unpaired) electrons. The molecule has 0 aromatic heterocycles. The Labute approximate surface area is 136 Å². The van der Waals surface area contributed by atoms with Crippen molar-refractivity contribution in [1.82, 2.24) is 0 Å². The fraction of sp³-hybridized carbons (Fsp3) is 0.455. The number of rotatable bonds is 7. The molecule has 0 heterocycles. The molecule has 118 valence electrons. The van der Waals surface area contributed by atoms with Gasteiger partial charge < -0.3 is 0 Å².